The summed E-state index contributed by atoms with van der Waals surface area (Å²) in [5, 5.41) is 17.0. The van der Waals surface area contributed by atoms with Crippen LogP contribution in [0.1, 0.15) is 24.0 Å². The van der Waals surface area contributed by atoms with Gasteiger partial charge in [-0.2, -0.15) is 0 Å². The number of benzene rings is 3. The third-order valence-electron chi connectivity index (χ3n) is 6.79. The van der Waals surface area contributed by atoms with Gasteiger partial charge >= 0.3 is 0 Å². The number of anilines is 1. The molecule has 6 rings (SSSR count). The van der Waals surface area contributed by atoms with E-state index in [0.717, 1.165) is 70.5 Å². The van der Waals surface area contributed by atoms with Crippen molar-refractivity contribution in [2.24, 2.45) is 0 Å². The molecule has 3 heterocycles. The Morgan fingerprint density at radius 1 is 1.03 bits per heavy atom. The van der Waals surface area contributed by atoms with Crippen molar-refractivity contribution in [1.29, 1.82) is 0 Å². The molecule has 0 atom stereocenters. The van der Waals surface area contributed by atoms with Gasteiger partial charge < -0.3 is 30.2 Å². The zero-order valence-corrected chi connectivity index (χ0v) is 19.3. The van der Waals surface area contributed by atoms with E-state index in [4.69, 9.17) is 9.47 Å². The van der Waals surface area contributed by atoms with E-state index in [1.54, 1.807) is 18.2 Å². The van der Waals surface area contributed by atoms with E-state index in [1.165, 1.54) is 0 Å². The Labute approximate surface area is 203 Å². The standard InChI is InChI=1S/C28H27N3O4/c32-23-5-6-25-24(15-23)20(16-30-25)14-27(33)31-22-3-1-2-18(13-22)19-4-7-26-21(12-19)17-34-28(35-26)8-10-29-11-9-28/h1-7,12-13,15-16,29-30,32H,8-11,14,17H2,(H,31,33). The average Bonchev–Trinajstić information content (AvgIpc) is 3.26. The summed E-state index contributed by atoms with van der Waals surface area (Å²) >= 11 is 0. The van der Waals surface area contributed by atoms with Gasteiger partial charge in [0.1, 0.15) is 11.5 Å². The van der Waals surface area contributed by atoms with Crippen molar-refractivity contribution in [3.05, 3.63) is 78.0 Å². The third-order valence-corrected chi connectivity index (χ3v) is 6.79. The van der Waals surface area contributed by atoms with Crippen molar-refractivity contribution in [1.82, 2.24) is 10.3 Å². The molecule has 4 aromatic rings. The summed E-state index contributed by atoms with van der Waals surface area (Å²) in [6.45, 7) is 2.32. The van der Waals surface area contributed by atoms with Crippen LogP contribution in [0.4, 0.5) is 5.69 Å². The number of hydrogen-bond donors (Lipinski definition) is 4. The number of phenols is 1. The van der Waals surface area contributed by atoms with Gasteiger partial charge in [0.2, 0.25) is 11.7 Å². The van der Waals surface area contributed by atoms with Gasteiger partial charge in [-0.25, -0.2) is 0 Å². The lowest BCUT2D eigenvalue weighted by Crippen LogP contribution is -2.49. The first-order chi connectivity index (χ1) is 17.1. The summed E-state index contributed by atoms with van der Waals surface area (Å²) in [5.41, 5.74) is 5.53. The van der Waals surface area contributed by atoms with E-state index in [1.807, 2.05) is 36.5 Å². The van der Waals surface area contributed by atoms with Crippen LogP contribution >= 0.6 is 0 Å². The number of ether oxygens (including phenoxy) is 2. The second kappa shape index (κ2) is 8.76. The summed E-state index contributed by atoms with van der Waals surface area (Å²) in [6, 6.07) is 19.1. The molecular formula is C28H27N3O4. The van der Waals surface area contributed by atoms with E-state index in [-0.39, 0.29) is 18.1 Å². The molecule has 1 aromatic heterocycles. The van der Waals surface area contributed by atoms with Crippen LogP contribution in [0.15, 0.2) is 66.9 Å². The normalized spacial score (nSPS) is 16.6. The number of fused-ring (bicyclic) bond motifs is 2. The molecule has 3 aromatic carbocycles. The van der Waals surface area contributed by atoms with Crippen molar-refractivity contribution in [2.45, 2.75) is 31.7 Å². The monoisotopic (exact) mass is 469 g/mol. The molecule has 0 saturated carbocycles. The molecule has 7 heteroatoms. The van der Waals surface area contributed by atoms with Gasteiger partial charge in [-0.05, 0) is 59.2 Å². The fourth-order valence-electron chi connectivity index (χ4n) is 4.93. The van der Waals surface area contributed by atoms with Gasteiger partial charge in [0.15, 0.2) is 0 Å². The third kappa shape index (κ3) is 4.36. The van der Waals surface area contributed by atoms with E-state index < -0.39 is 5.79 Å². The lowest BCUT2D eigenvalue weighted by atomic mass is 9.99. The second-order valence-corrected chi connectivity index (χ2v) is 9.22. The molecule has 0 bridgehead atoms. The summed E-state index contributed by atoms with van der Waals surface area (Å²) in [6.07, 6.45) is 3.70. The van der Waals surface area contributed by atoms with E-state index >= 15 is 0 Å². The van der Waals surface area contributed by atoms with Crippen LogP contribution in [-0.4, -0.2) is 34.9 Å². The lowest BCUT2D eigenvalue weighted by molar-refractivity contribution is -0.218. The zero-order chi connectivity index (χ0) is 23.8. The largest absolute Gasteiger partial charge is 0.508 e. The summed E-state index contributed by atoms with van der Waals surface area (Å²) in [7, 11) is 0. The van der Waals surface area contributed by atoms with Crippen molar-refractivity contribution in [3.63, 3.8) is 0 Å². The smallest absolute Gasteiger partial charge is 0.228 e. The van der Waals surface area contributed by atoms with Crippen LogP contribution in [0.2, 0.25) is 0 Å². The number of aromatic nitrogens is 1. The summed E-state index contributed by atoms with van der Waals surface area (Å²) in [5.74, 6) is 0.438. The van der Waals surface area contributed by atoms with Crippen LogP contribution < -0.4 is 15.4 Å². The molecule has 1 fully saturated rings. The number of piperidine rings is 1. The molecule has 0 aliphatic carbocycles. The quantitative estimate of drug-likeness (QED) is 0.347. The molecule has 0 unspecified atom stereocenters. The number of phenolic OH excluding ortho intramolecular Hbond substituents is 1. The number of carbonyl (C=O) groups excluding carboxylic acids is 1. The van der Waals surface area contributed by atoms with Crippen LogP contribution in [0.3, 0.4) is 0 Å². The van der Waals surface area contributed by atoms with Crippen LogP contribution in [0, 0.1) is 0 Å². The number of carbonyl (C=O) groups is 1. The molecular weight excluding hydrogens is 442 g/mol. The van der Waals surface area contributed by atoms with Crippen LogP contribution in [0.5, 0.6) is 11.5 Å². The molecule has 1 saturated heterocycles. The molecule has 178 valence electrons. The number of amides is 1. The Balaban J connectivity index is 1.17. The molecule has 35 heavy (non-hydrogen) atoms. The van der Waals surface area contributed by atoms with Gasteiger partial charge in [0.25, 0.3) is 0 Å². The lowest BCUT2D eigenvalue weighted by Gasteiger charge is -2.41. The van der Waals surface area contributed by atoms with Crippen LogP contribution in [-0.2, 0) is 22.6 Å². The number of hydrogen-bond acceptors (Lipinski definition) is 5. The molecule has 4 N–H and O–H groups in total. The van der Waals surface area contributed by atoms with Crippen molar-refractivity contribution in [2.75, 3.05) is 18.4 Å². The molecule has 1 amide bonds. The maximum atomic E-state index is 12.8. The maximum Gasteiger partial charge on any atom is 0.228 e. The van der Waals surface area contributed by atoms with Crippen molar-refractivity contribution >= 4 is 22.5 Å². The number of rotatable bonds is 4. The van der Waals surface area contributed by atoms with E-state index in [9.17, 15) is 9.90 Å². The van der Waals surface area contributed by atoms with Gasteiger partial charge in [-0.15, -0.1) is 0 Å². The van der Waals surface area contributed by atoms with Gasteiger partial charge in [-0.1, -0.05) is 18.2 Å². The predicted molar refractivity (Wildman–Crippen MR) is 134 cm³/mol. The fraction of sp³-hybridized carbons (Fsp3) is 0.250. The highest BCUT2D eigenvalue weighted by molar-refractivity contribution is 5.96. The zero-order valence-electron chi connectivity index (χ0n) is 19.3. The Morgan fingerprint density at radius 3 is 2.77 bits per heavy atom. The SMILES string of the molecule is O=C(Cc1c[nH]c2ccc(O)cc12)Nc1cccc(-c2ccc3c(c2)COC2(CCNCC2)O3)c1. The Kier molecular flexibility index (Phi) is 5.43. The Hall–Kier alpha value is -3.81. The minimum atomic E-state index is -0.506. The van der Waals surface area contributed by atoms with Gasteiger partial charge in [-0.3, -0.25) is 4.79 Å². The predicted octanol–water partition coefficient (Wildman–Crippen LogP) is 4.71. The minimum absolute atomic E-state index is 0.120. The number of aromatic hydroxyl groups is 1. The van der Waals surface area contributed by atoms with Crippen molar-refractivity contribution in [3.8, 4) is 22.6 Å². The van der Waals surface area contributed by atoms with Crippen LogP contribution in [0.25, 0.3) is 22.0 Å². The molecule has 2 aliphatic heterocycles. The highest BCUT2D eigenvalue weighted by atomic mass is 16.7. The highest BCUT2D eigenvalue weighted by Crippen LogP contribution is 2.38. The topological polar surface area (TPSA) is 95.6 Å². The first-order valence-electron chi connectivity index (χ1n) is 11.9. The second-order valence-electron chi connectivity index (χ2n) is 9.22. The first kappa shape index (κ1) is 21.7. The first-order valence-corrected chi connectivity index (χ1v) is 11.9. The van der Waals surface area contributed by atoms with Crippen molar-refractivity contribution < 1.29 is 19.4 Å². The Bertz CT molecular complexity index is 1400. The maximum absolute atomic E-state index is 12.8. The van der Waals surface area contributed by atoms with E-state index in [0.29, 0.717) is 6.61 Å². The van der Waals surface area contributed by atoms with Gasteiger partial charge in [0, 0.05) is 54.3 Å². The number of nitrogens with one attached hydrogen (secondary N) is 3. The summed E-state index contributed by atoms with van der Waals surface area (Å²) in [4.78, 5) is 15.9. The van der Waals surface area contributed by atoms with Gasteiger partial charge in [0.05, 0.1) is 13.0 Å². The number of aromatic amines is 1. The number of H-pyrrole nitrogens is 1. The Morgan fingerprint density at radius 2 is 1.89 bits per heavy atom. The molecule has 7 nitrogen and oxygen atoms in total. The van der Waals surface area contributed by atoms with E-state index in [2.05, 4.69) is 27.8 Å². The highest BCUT2D eigenvalue weighted by Gasteiger charge is 2.38. The molecule has 1 spiro atoms. The fourth-order valence-corrected chi connectivity index (χ4v) is 4.93. The molecule has 0 radical (unpaired) electrons. The molecule has 2 aliphatic rings. The average molecular weight is 470 g/mol. The summed E-state index contributed by atoms with van der Waals surface area (Å²) < 4.78 is 12.4. The minimum Gasteiger partial charge on any atom is -0.508 e.